The van der Waals surface area contributed by atoms with E-state index in [2.05, 4.69) is 4.98 Å². The van der Waals surface area contributed by atoms with Gasteiger partial charge in [0.25, 0.3) is 0 Å². The number of carbonyl (C=O) groups excluding carboxylic acids is 1. The highest BCUT2D eigenvalue weighted by atomic mass is 32.1. The molecule has 2 aromatic rings. The Morgan fingerprint density at radius 2 is 2.35 bits per heavy atom. The van der Waals surface area contributed by atoms with E-state index in [1.165, 1.54) is 0 Å². The first-order chi connectivity index (χ1) is 8.08. The Morgan fingerprint density at radius 3 is 3.06 bits per heavy atom. The van der Waals surface area contributed by atoms with Crippen molar-refractivity contribution in [2.45, 2.75) is 13.5 Å². The van der Waals surface area contributed by atoms with E-state index in [4.69, 9.17) is 22.7 Å². The number of primary amides is 1. The maximum atomic E-state index is 10.5. The van der Waals surface area contributed by atoms with Crippen LogP contribution < -0.4 is 5.73 Å². The predicted molar refractivity (Wildman–Crippen MR) is 67.4 cm³/mol. The number of ether oxygens (including phenoxy) is 1. The molecule has 5 nitrogen and oxygen atoms in total. The zero-order valence-electron chi connectivity index (χ0n) is 9.40. The van der Waals surface area contributed by atoms with Crippen molar-refractivity contribution in [3.8, 4) is 0 Å². The van der Waals surface area contributed by atoms with Crippen LogP contribution in [-0.4, -0.2) is 22.3 Å². The Hall–Kier alpha value is -1.82. The second-order valence-electron chi connectivity index (χ2n) is 3.77. The number of H-pyrrole nitrogens is 1. The highest BCUT2D eigenvalue weighted by molar-refractivity contribution is 7.71. The van der Waals surface area contributed by atoms with E-state index in [9.17, 15) is 4.79 Å². The van der Waals surface area contributed by atoms with Gasteiger partial charge >= 0.3 is 6.09 Å². The Bertz CT molecular complexity index is 615. The largest absolute Gasteiger partial charge is 0.448 e. The molecule has 0 aliphatic heterocycles. The maximum Gasteiger partial charge on any atom is 0.404 e. The van der Waals surface area contributed by atoms with Crippen LogP contribution in [0.5, 0.6) is 0 Å². The molecule has 0 spiro atoms. The summed E-state index contributed by atoms with van der Waals surface area (Å²) in [4.78, 5) is 13.6. The van der Waals surface area contributed by atoms with Gasteiger partial charge in [-0.05, 0) is 36.8 Å². The Balaban J connectivity index is 2.30. The van der Waals surface area contributed by atoms with Crippen LogP contribution >= 0.6 is 12.2 Å². The van der Waals surface area contributed by atoms with Gasteiger partial charge in [-0.3, -0.25) is 0 Å². The number of carbonyl (C=O) groups is 1. The van der Waals surface area contributed by atoms with E-state index in [-0.39, 0.29) is 6.61 Å². The van der Waals surface area contributed by atoms with E-state index >= 15 is 0 Å². The first-order valence-electron chi connectivity index (χ1n) is 5.19. The number of nitrogens with one attached hydrogen (secondary N) is 1. The van der Waals surface area contributed by atoms with Gasteiger partial charge in [-0.2, -0.15) is 0 Å². The highest BCUT2D eigenvalue weighted by Crippen LogP contribution is 2.15. The van der Waals surface area contributed by atoms with Gasteiger partial charge in [0.15, 0.2) is 4.77 Å². The van der Waals surface area contributed by atoms with Gasteiger partial charge in [-0.25, -0.2) is 4.79 Å². The van der Waals surface area contributed by atoms with Gasteiger partial charge in [-0.1, -0.05) is 6.07 Å². The number of nitrogens with two attached hydrogens (primary N) is 1. The van der Waals surface area contributed by atoms with Gasteiger partial charge in [0.05, 0.1) is 17.6 Å². The standard InChI is InChI=1S/C11H13N3O2S/c1-7-2-3-9-8(6-7)13-11(17)14(9)4-5-16-10(12)15/h2-3,6H,4-5H2,1H3,(H2,12,15)(H,13,17). The van der Waals surface area contributed by atoms with Crippen molar-refractivity contribution >= 4 is 29.3 Å². The number of amides is 1. The average molecular weight is 251 g/mol. The zero-order valence-corrected chi connectivity index (χ0v) is 10.2. The molecule has 17 heavy (non-hydrogen) atoms. The van der Waals surface area contributed by atoms with Crippen LogP contribution in [-0.2, 0) is 11.3 Å². The molecule has 0 saturated heterocycles. The second kappa shape index (κ2) is 4.58. The van der Waals surface area contributed by atoms with E-state index in [1.807, 2.05) is 29.7 Å². The molecule has 90 valence electrons. The van der Waals surface area contributed by atoms with Gasteiger partial charge in [0, 0.05) is 0 Å². The van der Waals surface area contributed by atoms with Gasteiger partial charge < -0.3 is 20.0 Å². The summed E-state index contributed by atoms with van der Waals surface area (Å²) in [6, 6.07) is 6.02. The molecule has 0 radical (unpaired) electrons. The number of aryl methyl sites for hydroxylation is 1. The summed E-state index contributed by atoms with van der Waals surface area (Å²) in [5.41, 5.74) is 8.03. The topological polar surface area (TPSA) is 73.0 Å². The molecule has 1 aromatic heterocycles. The van der Waals surface area contributed by atoms with Crippen LogP contribution in [0, 0.1) is 11.7 Å². The van der Waals surface area contributed by atoms with Gasteiger partial charge in [-0.15, -0.1) is 0 Å². The molecule has 0 atom stereocenters. The third kappa shape index (κ3) is 2.47. The van der Waals surface area contributed by atoms with Crippen molar-refractivity contribution in [1.29, 1.82) is 0 Å². The average Bonchev–Trinajstić information content (AvgIpc) is 2.54. The number of imidazole rings is 1. The summed E-state index contributed by atoms with van der Waals surface area (Å²) in [6.07, 6.45) is -0.771. The van der Waals surface area contributed by atoms with Gasteiger partial charge in [0.2, 0.25) is 0 Å². The highest BCUT2D eigenvalue weighted by Gasteiger charge is 2.04. The van der Waals surface area contributed by atoms with Gasteiger partial charge in [0.1, 0.15) is 6.61 Å². The molecule has 1 amide bonds. The summed E-state index contributed by atoms with van der Waals surface area (Å²) in [7, 11) is 0. The van der Waals surface area contributed by atoms with E-state index < -0.39 is 6.09 Å². The minimum Gasteiger partial charge on any atom is -0.448 e. The normalized spacial score (nSPS) is 10.6. The SMILES string of the molecule is Cc1ccc2c(c1)[nH]c(=S)n2CCOC(N)=O. The number of fused-ring (bicyclic) bond motifs is 1. The predicted octanol–water partition coefficient (Wildman–Crippen LogP) is 2.10. The molecule has 2 rings (SSSR count). The van der Waals surface area contributed by atoms with Crippen molar-refractivity contribution in [3.63, 3.8) is 0 Å². The minimum atomic E-state index is -0.771. The third-order valence-electron chi connectivity index (χ3n) is 2.49. The Kier molecular flexibility index (Phi) is 3.14. The van der Waals surface area contributed by atoms with Crippen LogP contribution in [0.4, 0.5) is 4.79 Å². The lowest BCUT2D eigenvalue weighted by molar-refractivity contribution is 0.152. The first kappa shape index (κ1) is 11.7. The van der Waals surface area contributed by atoms with Crippen molar-refractivity contribution in [1.82, 2.24) is 9.55 Å². The number of rotatable bonds is 3. The quantitative estimate of drug-likeness (QED) is 0.820. The molecule has 1 aromatic carbocycles. The molecule has 0 aliphatic rings. The Labute approximate surface area is 103 Å². The van der Waals surface area contributed by atoms with Crippen LogP contribution in [0.1, 0.15) is 5.56 Å². The summed E-state index contributed by atoms with van der Waals surface area (Å²) in [5, 5.41) is 0. The number of benzene rings is 1. The van der Waals surface area contributed by atoms with E-state index in [1.54, 1.807) is 0 Å². The van der Waals surface area contributed by atoms with Crippen LogP contribution in [0.25, 0.3) is 11.0 Å². The van der Waals surface area contributed by atoms with Crippen molar-refractivity contribution in [2.24, 2.45) is 5.73 Å². The van der Waals surface area contributed by atoms with Crippen molar-refractivity contribution in [2.75, 3.05) is 6.61 Å². The monoisotopic (exact) mass is 251 g/mol. The molecule has 6 heteroatoms. The lowest BCUT2D eigenvalue weighted by Crippen LogP contribution is -2.16. The fourth-order valence-corrected chi connectivity index (χ4v) is 2.04. The number of hydrogen-bond acceptors (Lipinski definition) is 3. The summed E-state index contributed by atoms with van der Waals surface area (Å²) in [6.45, 7) is 2.72. The fraction of sp³-hybridized carbons (Fsp3) is 0.273. The molecule has 0 saturated carbocycles. The minimum absolute atomic E-state index is 0.213. The smallest absolute Gasteiger partial charge is 0.404 e. The van der Waals surface area contributed by atoms with Crippen molar-refractivity contribution in [3.05, 3.63) is 28.5 Å². The second-order valence-corrected chi connectivity index (χ2v) is 4.16. The van der Waals surface area contributed by atoms with E-state index in [0.29, 0.717) is 11.3 Å². The summed E-state index contributed by atoms with van der Waals surface area (Å²) in [5.74, 6) is 0. The molecular formula is C11H13N3O2S. The molecule has 0 bridgehead atoms. The number of aromatic amines is 1. The fourth-order valence-electron chi connectivity index (χ4n) is 1.74. The lowest BCUT2D eigenvalue weighted by Gasteiger charge is -2.04. The molecule has 1 heterocycles. The zero-order chi connectivity index (χ0) is 12.4. The molecular weight excluding hydrogens is 238 g/mol. The molecule has 3 N–H and O–H groups in total. The number of aromatic nitrogens is 2. The van der Waals surface area contributed by atoms with Crippen molar-refractivity contribution < 1.29 is 9.53 Å². The van der Waals surface area contributed by atoms with Crippen LogP contribution in [0.15, 0.2) is 18.2 Å². The third-order valence-corrected chi connectivity index (χ3v) is 2.81. The lowest BCUT2D eigenvalue weighted by atomic mass is 10.2. The maximum absolute atomic E-state index is 10.5. The van der Waals surface area contributed by atoms with Crippen LogP contribution in [0.3, 0.4) is 0 Å². The molecule has 0 unspecified atom stereocenters. The number of hydrogen-bond donors (Lipinski definition) is 2. The Morgan fingerprint density at radius 1 is 1.59 bits per heavy atom. The number of nitrogens with zero attached hydrogens (tertiary/aromatic N) is 1. The van der Waals surface area contributed by atoms with Crippen LogP contribution in [0.2, 0.25) is 0 Å². The summed E-state index contributed by atoms with van der Waals surface area (Å²) < 4.78 is 7.19. The molecule has 0 fully saturated rings. The van der Waals surface area contributed by atoms with E-state index in [0.717, 1.165) is 16.6 Å². The molecule has 0 aliphatic carbocycles. The first-order valence-corrected chi connectivity index (χ1v) is 5.60. The summed E-state index contributed by atoms with van der Waals surface area (Å²) >= 11 is 5.21.